The molecule has 3 nitrogen and oxygen atoms in total. The Labute approximate surface area is 79.1 Å². The van der Waals surface area contributed by atoms with E-state index in [1.54, 1.807) is 0 Å². The molecule has 1 aliphatic rings. The fourth-order valence-corrected chi connectivity index (χ4v) is 1.84. The van der Waals surface area contributed by atoms with E-state index < -0.39 is 0 Å². The van der Waals surface area contributed by atoms with E-state index in [1.807, 2.05) is 16.9 Å². The van der Waals surface area contributed by atoms with Gasteiger partial charge in [0.15, 0.2) is 0 Å². The lowest BCUT2D eigenvalue weighted by molar-refractivity contribution is 0.308. The van der Waals surface area contributed by atoms with Gasteiger partial charge in [-0.2, -0.15) is 5.10 Å². The summed E-state index contributed by atoms with van der Waals surface area (Å²) in [6.45, 7) is 5.34. The Bertz CT molecular complexity index is 273. The average Bonchev–Trinajstić information content (AvgIpc) is 2.50. The van der Waals surface area contributed by atoms with Crippen LogP contribution in [0, 0.1) is 5.92 Å². The normalized spacial score (nSPS) is 26.9. The first-order valence-electron chi connectivity index (χ1n) is 5.08. The number of hydrogen-bond donors (Lipinski definition) is 1. The third-order valence-electron chi connectivity index (χ3n) is 2.69. The van der Waals surface area contributed by atoms with Crippen LogP contribution >= 0.6 is 0 Å². The van der Waals surface area contributed by atoms with Gasteiger partial charge in [-0.25, -0.2) is 0 Å². The highest BCUT2D eigenvalue weighted by Gasteiger charge is 2.25. The quantitative estimate of drug-likeness (QED) is 0.770. The van der Waals surface area contributed by atoms with Gasteiger partial charge >= 0.3 is 0 Å². The number of aromatic nitrogens is 2. The molecule has 0 aromatic carbocycles. The zero-order chi connectivity index (χ0) is 9.26. The first-order chi connectivity index (χ1) is 6.28. The number of anilines is 1. The largest absolute Gasteiger partial charge is 0.366 e. The maximum absolute atomic E-state index is 4.38. The molecule has 0 unspecified atom stereocenters. The van der Waals surface area contributed by atoms with E-state index in [1.165, 1.54) is 12.8 Å². The molecule has 0 spiro atoms. The van der Waals surface area contributed by atoms with Crippen molar-refractivity contribution in [3.63, 3.8) is 0 Å². The van der Waals surface area contributed by atoms with E-state index in [0.717, 1.165) is 18.3 Å². The molecule has 0 amide bonds. The van der Waals surface area contributed by atoms with E-state index in [-0.39, 0.29) is 0 Å². The first-order valence-corrected chi connectivity index (χ1v) is 5.08. The van der Waals surface area contributed by atoms with E-state index >= 15 is 0 Å². The molecule has 72 valence electrons. The summed E-state index contributed by atoms with van der Waals surface area (Å²) < 4.78 is 1.95. The summed E-state index contributed by atoms with van der Waals surface area (Å²) >= 11 is 0. The van der Waals surface area contributed by atoms with E-state index in [9.17, 15) is 0 Å². The van der Waals surface area contributed by atoms with Gasteiger partial charge in [0, 0.05) is 24.8 Å². The fraction of sp³-hybridized carbons (Fsp3) is 0.700. The summed E-state index contributed by atoms with van der Waals surface area (Å²) in [4.78, 5) is 0. The molecule has 1 aromatic heterocycles. The standard InChI is InChI=1S/C10H17N3/c1-3-13-5-4-10(12-13)11-9-6-8(2)7-9/h4-5,8-9H,3,6-7H2,1-2H3,(H,11,12). The Kier molecular flexibility index (Phi) is 2.25. The molecule has 1 aliphatic carbocycles. The van der Waals surface area contributed by atoms with Crippen LogP contribution in [0.3, 0.4) is 0 Å². The second kappa shape index (κ2) is 3.40. The van der Waals surface area contributed by atoms with Gasteiger partial charge in [0.2, 0.25) is 0 Å². The van der Waals surface area contributed by atoms with E-state index in [4.69, 9.17) is 0 Å². The van der Waals surface area contributed by atoms with Crippen LogP contribution in [0.15, 0.2) is 12.3 Å². The van der Waals surface area contributed by atoms with Gasteiger partial charge in [-0.15, -0.1) is 0 Å². The minimum atomic E-state index is 0.662. The van der Waals surface area contributed by atoms with Gasteiger partial charge in [0.25, 0.3) is 0 Å². The molecule has 1 heterocycles. The Morgan fingerprint density at radius 3 is 2.92 bits per heavy atom. The molecule has 1 aromatic rings. The zero-order valence-electron chi connectivity index (χ0n) is 8.33. The summed E-state index contributed by atoms with van der Waals surface area (Å²) in [5.41, 5.74) is 0. The monoisotopic (exact) mass is 179 g/mol. The average molecular weight is 179 g/mol. The third kappa shape index (κ3) is 1.85. The highest BCUT2D eigenvalue weighted by molar-refractivity contribution is 5.34. The van der Waals surface area contributed by atoms with Crippen LogP contribution in [-0.2, 0) is 6.54 Å². The number of aryl methyl sites for hydroxylation is 1. The topological polar surface area (TPSA) is 29.9 Å². The lowest BCUT2D eigenvalue weighted by Crippen LogP contribution is -2.33. The van der Waals surface area contributed by atoms with Crippen LogP contribution in [0.5, 0.6) is 0 Å². The summed E-state index contributed by atoms with van der Waals surface area (Å²) in [6, 6.07) is 2.71. The molecule has 13 heavy (non-hydrogen) atoms. The van der Waals surface area contributed by atoms with E-state index in [0.29, 0.717) is 6.04 Å². The highest BCUT2D eigenvalue weighted by atomic mass is 15.3. The minimum absolute atomic E-state index is 0.662. The molecule has 1 saturated carbocycles. The van der Waals surface area contributed by atoms with Crippen LogP contribution in [0.25, 0.3) is 0 Å². The Hall–Kier alpha value is -0.990. The molecule has 0 radical (unpaired) electrons. The van der Waals surface area contributed by atoms with Gasteiger partial charge in [-0.1, -0.05) is 6.92 Å². The van der Waals surface area contributed by atoms with Crippen LogP contribution in [0.2, 0.25) is 0 Å². The molecular formula is C10H17N3. The molecular weight excluding hydrogens is 162 g/mol. The van der Waals surface area contributed by atoms with Crippen LogP contribution in [0.1, 0.15) is 26.7 Å². The predicted octanol–water partition coefficient (Wildman–Crippen LogP) is 2.11. The van der Waals surface area contributed by atoms with Crippen molar-refractivity contribution in [2.45, 2.75) is 39.3 Å². The summed E-state index contributed by atoms with van der Waals surface area (Å²) in [7, 11) is 0. The lowest BCUT2D eigenvalue weighted by Gasteiger charge is -2.33. The number of hydrogen-bond acceptors (Lipinski definition) is 2. The summed E-state index contributed by atoms with van der Waals surface area (Å²) in [5.74, 6) is 1.92. The molecule has 2 rings (SSSR count). The molecule has 1 fully saturated rings. The van der Waals surface area contributed by atoms with Gasteiger partial charge in [0.1, 0.15) is 5.82 Å². The Balaban J connectivity index is 1.87. The van der Waals surface area contributed by atoms with Gasteiger partial charge in [0.05, 0.1) is 0 Å². The van der Waals surface area contributed by atoms with Crippen molar-refractivity contribution < 1.29 is 0 Å². The van der Waals surface area contributed by atoms with Crippen LogP contribution in [0.4, 0.5) is 5.82 Å². The van der Waals surface area contributed by atoms with E-state index in [2.05, 4.69) is 24.3 Å². The molecule has 0 saturated heterocycles. The maximum atomic E-state index is 4.38. The number of rotatable bonds is 3. The van der Waals surface area contributed by atoms with Crippen molar-refractivity contribution in [2.24, 2.45) is 5.92 Å². The second-order valence-corrected chi connectivity index (χ2v) is 3.97. The van der Waals surface area contributed by atoms with Crippen molar-refractivity contribution in [3.8, 4) is 0 Å². The van der Waals surface area contributed by atoms with Gasteiger partial charge in [-0.3, -0.25) is 4.68 Å². The van der Waals surface area contributed by atoms with Crippen molar-refractivity contribution in [2.75, 3.05) is 5.32 Å². The van der Waals surface area contributed by atoms with Crippen molar-refractivity contribution in [3.05, 3.63) is 12.3 Å². The smallest absolute Gasteiger partial charge is 0.148 e. The molecule has 0 atom stereocenters. The van der Waals surface area contributed by atoms with Crippen molar-refractivity contribution >= 4 is 5.82 Å². The summed E-state index contributed by atoms with van der Waals surface area (Å²) in [5, 5.41) is 7.81. The highest BCUT2D eigenvalue weighted by Crippen LogP contribution is 2.28. The van der Waals surface area contributed by atoms with Crippen LogP contribution < -0.4 is 5.32 Å². The fourth-order valence-electron chi connectivity index (χ4n) is 1.84. The number of nitrogens with one attached hydrogen (secondary N) is 1. The van der Waals surface area contributed by atoms with Crippen LogP contribution in [-0.4, -0.2) is 15.8 Å². The molecule has 0 bridgehead atoms. The SMILES string of the molecule is CCn1ccc(NC2CC(C)C2)n1. The summed E-state index contributed by atoms with van der Waals surface area (Å²) in [6.07, 6.45) is 4.60. The predicted molar refractivity (Wildman–Crippen MR) is 53.7 cm³/mol. The molecule has 1 N–H and O–H groups in total. The van der Waals surface area contributed by atoms with Crippen molar-refractivity contribution in [1.82, 2.24) is 9.78 Å². The Morgan fingerprint density at radius 1 is 1.62 bits per heavy atom. The molecule has 0 aliphatic heterocycles. The number of nitrogens with zero attached hydrogens (tertiary/aromatic N) is 2. The molecule has 3 heteroatoms. The van der Waals surface area contributed by atoms with Crippen molar-refractivity contribution in [1.29, 1.82) is 0 Å². The van der Waals surface area contributed by atoms with Gasteiger partial charge in [-0.05, 0) is 25.7 Å². The Morgan fingerprint density at radius 2 is 2.38 bits per heavy atom. The minimum Gasteiger partial charge on any atom is -0.366 e. The maximum Gasteiger partial charge on any atom is 0.148 e. The zero-order valence-corrected chi connectivity index (χ0v) is 8.33. The second-order valence-electron chi connectivity index (χ2n) is 3.97. The van der Waals surface area contributed by atoms with Gasteiger partial charge < -0.3 is 5.32 Å². The lowest BCUT2D eigenvalue weighted by atomic mass is 9.82. The third-order valence-corrected chi connectivity index (χ3v) is 2.69. The first kappa shape index (κ1) is 8.60.